The van der Waals surface area contributed by atoms with Crippen molar-refractivity contribution in [2.45, 2.75) is 10.1 Å². The average molecular weight is 435 g/mol. The summed E-state index contributed by atoms with van der Waals surface area (Å²) in [6.07, 6.45) is 3.24. The molecule has 2 aromatic carbocycles. The van der Waals surface area contributed by atoms with E-state index < -0.39 is 15.9 Å². The highest BCUT2D eigenvalue weighted by Gasteiger charge is 2.20. The molecule has 1 amide bonds. The van der Waals surface area contributed by atoms with Gasteiger partial charge in [0.15, 0.2) is 5.16 Å². The van der Waals surface area contributed by atoms with Gasteiger partial charge in [-0.25, -0.2) is 22.1 Å². The highest BCUT2D eigenvalue weighted by Crippen LogP contribution is 2.24. The molecule has 0 aliphatic rings. The van der Waals surface area contributed by atoms with Crippen molar-refractivity contribution in [2.75, 3.05) is 25.7 Å². The lowest BCUT2D eigenvalue weighted by molar-refractivity contribution is 0.102. The molecule has 0 aliphatic carbocycles. The van der Waals surface area contributed by atoms with Crippen LogP contribution in [0.3, 0.4) is 0 Å². The second-order valence-corrected chi connectivity index (χ2v) is 9.14. The topological polar surface area (TPSA) is 84.3 Å². The van der Waals surface area contributed by atoms with E-state index in [1.54, 1.807) is 28.8 Å². The van der Waals surface area contributed by atoms with Crippen LogP contribution >= 0.6 is 11.8 Å². The van der Waals surface area contributed by atoms with Crippen molar-refractivity contribution in [3.05, 3.63) is 66.2 Å². The second-order valence-electron chi connectivity index (χ2n) is 6.21. The lowest BCUT2D eigenvalue weighted by Crippen LogP contribution is -2.22. The fourth-order valence-electron chi connectivity index (χ4n) is 2.62. The molecule has 0 radical (unpaired) electrons. The molecular weight excluding hydrogens is 415 g/mol. The Kier molecular flexibility index (Phi) is 6.06. The van der Waals surface area contributed by atoms with Gasteiger partial charge in [-0.15, -0.1) is 0 Å². The number of thioether (sulfide) groups is 1. The lowest BCUT2D eigenvalue weighted by Gasteiger charge is -2.13. The maximum Gasteiger partial charge on any atom is 0.274 e. The Balaban J connectivity index is 1.95. The van der Waals surface area contributed by atoms with Gasteiger partial charge in [0.05, 0.1) is 11.1 Å². The third-order valence-corrected chi connectivity index (χ3v) is 6.56. The van der Waals surface area contributed by atoms with Crippen LogP contribution < -0.4 is 5.32 Å². The van der Waals surface area contributed by atoms with Gasteiger partial charge in [-0.3, -0.25) is 9.36 Å². The fourth-order valence-corrected chi connectivity index (χ4v) is 4.11. The molecule has 0 saturated heterocycles. The number of aromatic nitrogens is 2. The summed E-state index contributed by atoms with van der Waals surface area (Å²) < 4.78 is 40.6. The molecule has 3 aromatic rings. The largest absolute Gasteiger partial charge is 0.321 e. The van der Waals surface area contributed by atoms with Crippen molar-refractivity contribution in [1.82, 2.24) is 13.9 Å². The van der Waals surface area contributed by atoms with Crippen molar-refractivity contribution in [3.8, 4) is 5.69 Å². The van der Waals surface area contributed by atoms with Crippen molar-refractivity contribution in [1.29, 1.82) is 0 Å². The summed E-state index contributed by atoms with van der Waals surface area (Å²) in [6, 6.07) is 11.7. The fraction of sp³-hybridized carbons (Fsp3) is 0.158. The standard InChI is InChI=1S/C19H19FN4O3S2/c1-23(2)29(26,27)16-6-4-5-14(11-16)22-18(25)17-12-21-19(28-3)24(17)15-9-7-13(20)8-10-15/h4-12H,1-3H3,(H,22,25). The highest BCUT2D eigenvalue weighted by atomic mass is 32.2. The minimum atomic E-state index is -3.63. The number of nitrogens with one attached hydrogen (secondary N) is 1. The van der Waals surface area contributed by atoms with E-state index in [1.807, 2.05) is 6.26 Å². The summed E-state index contributed by atoms with van der Waals surface area (Å²) in [6.45, 7) is 0. The molecule has 152 valence electrons. The predicted octanol–water partition coefficient (Wildman–Crippen LogP) is 3.24. The minimum absolute atomic E-state index is 0.0668. The molecule has 1 N–H and O–H groups in total. The van der Waals surface area contributed by atoms with Gasteiger partial charge in [-0.2, -0.15) is 0 Å². The number of nitrogens with zero attached hydrogens (tertiary/aromatic N) is 3. The molecule has 29 heavy (non-hydrogen) atoms. The summed E-state index contributed by atoms with van der Waals surface area (Å²) in [4.78, 5) is 17.2. The number of hydrogen-bond acceptors (Lipinski definition) is 5. The van der Waals surface area contributed by atoms with Crippen LogP contribution in [0.25, 0.3) is 5.69 Å². The zero-order chi connectivity index (χ0) is 21.2. The molecule has 1 aromatic heterocycles. The van der Waals surface area contributed by atoms with Gasteiger partial charge in [0, 0.05) is 25.5 Å². The zero-order valence-electron chi connectivity index (χ0n) is 16.0. The molecule has 1 heterocycles. The number of halogens is 1. The number of carbonyl (C=O) groups excluding carboxylic acids is 1. The van der Waals surface area contributed by atoms with Gasteiger partial charge in [0.2, 0.25) is 10.0 Å². The molecule has 0 unspecified atom stereocenters. The number of rotatable bonds is 6. The predicted molar refractivity (Wildman–Crippen MR) is 111 cm³/mol. The van der Waals surface area contributed by atoms with E-state index in [0.29, 0.717) is 16.5 Å². The van der Waals surface area contributed by atoms with Crippen LogP contribution in [0, 0.1) is 5.82 Å². The first-order valence-corrected chi connectivity index (χ1v) is 11.1. The van der Waals surface area contributed by atoms with Crippen LogP contribution in [0.5, 0.6) is 0 Å². The van der Waals surface area contributed by atoms with Crippen molar-refractivity contribution in [3.63, 3.8) is 0 Å². The van der Waals surface area contributed by atoms with Crippen LogP contribution in [0.1, 0.15) is 10.5 Å². The molecular formula is C19H19FN4O3S2. The molecule has 0 atom stereocenters. The number of hydrogen-bond donors (Lipinski definition) is 1. The van der Waals surface area contributed by atoms with E-state index in [2.05, 4.69) is 10.3 Å². The van der Waals surface area contributed by atoms with E-state index in [-0.39, 0.29) is 16.4 Å². The molecule has 0 aliphatic heterocycles. The Morgan fingerprint density at radius 2 is 1.86 bits per heavy atom. The first kappa shape index (κ1) is 21.0. The van der Waals surface area contributed by atoms with Crippen molar-refractivity contribution < 1.29 is 17.6 Å². The Hall–Kier alpha value is -2.69. The van der Waals surface area contributed by atoms with Gasteiger partial charge < -0.3 is 5.32 Å². The molecule has 0 saturated carbocycles. The summed E-state index contributed by atoms with van der Waals surface area (Å²) in [5.74, 6) is -0.856. The molecule has 0 bridgehead atoms. The number of anilines is 1. The maximum absolute atomic E-state index is 13.3. The van der Waals surface area contributed by atoms with Crippen LogP contribution in [0.15, 0.2) is 64.8 Å². The normalized spacial score (nSPS) is 11.6. The van der Waals surface area contributed by atoms with Crippen LogP contribution in [-0.2, 0) is 10.0 Å². The average Bonchev–Trinajstić information content (AvgIpc) is 3.13. The first-order valence-electron chi connectivity index (χ1n) is 8.45. The number of amides is 1. The third-order valence-electron chi connectivity index (χ3n) is 4.10. The van der Waals surface area contributed by atoms with Crippen LogP contribution in [-0.4, -0.2) is 48.5 Å². The van der Waals surface area contributed by atoms with Gasteiger partial charge in [0.25, 0.3) is 5.91 Å². The summed E-state index contributed by atoms with van der Waals surface area (Å²) in [7, 11) is -0.757. The quantitative estimate of drug-likeness (QED) is 0.602. The van der Waals surface area contributed by atoms with Gasteiger partial charge in [-0.05, 0) is 48.7 Å². The minimum Gasteiger partial charge on any atom is -0.321 e. The first-order chi connectivity index (χ1) is 13.7. The Morgan fingerprint density at radius 3 is 2.48 bits per heavy atom. The monoisotopic (exact) mass is 434 g/mol. The number of sulfonamides is 1. The number of benzene rings is 2. The molecule has 0 spiro atoms. The Morgan fingerprint density at radius 1 is 1.17 bits per heavy atom. The third kappa shape index (κ3) is 4.34. The molecule has 0 fully saturated rings. The Bertz CT molecular complexity index is 1140. The SMILES string of the molecule is CSc1ncc(C(=O)Nc2cccc(S(=O)(=O)N(C)C)c2)n1-c1ccc(F)cc1. The summed E-state index contributed by atoms with van der Waals surface area (Å²) in [5.41, 5.74) is 1.15. The smallest absolute Gasteiger partial charge is 0.274 e. The lowest BCUT2D eigenvalue weighted by atomic mass is 10.3. The Labute approximate surface area is 172 Å². The van der Waals surface area contributed by atoms with Crippen molar-refractivity contribution >= 4 is 33.4 Å². The second kappa shape index (κ2) is 8.36. The van der Waals surface area contributed by atoms with Gasteiger partial charge in [0.1, 0.15) is 11.5 Å². The number of imidazole rings is 1. The zero-order valence-corrected chi connectivity index (χ0v) is 17.6. The molecule has 10 heteroatoms. The maximum atomic E-state index is 13.3. The molecule has 3 rings (SSSR count). The summed E-state index contributed by atoms with van der Waals surface area (Å²) in [5, 5.41) is 3.26. The van der Waals surface area contributed by atoms with Gasteiger partial charge in [-0.1, -0.05) is 17.8 Å². The highest BCUT2D eigenvalue weighted by molar-refractivity contribution is 7.98. The van der Waals surface area contributed by atoms with Crippen LogP contribution in [0.2, 0.25) is 0 Å². The summed E-state index contributed by atoms with van der Waals surface area (Å²) >= 11 is 1.34. The van der Waals surface area contributed by atoms with E-state index >= 15 is 0 Å². The van der Waals surface area contributed by atoms with Crippen LogP contribution in [0.4, 0.5) is 10.1 Å². The number of carbonyl (C=O) groups is 1. The van der Waals surface area contributed by atoms with E-state index in [1.165, 1.54) is 56.3 Å². The van der Waals surface area contributed by atoms with E-state index in [4.69, 9.17) is 0 Å². The molecule has 7 nitrogen and oxygen atoms in total. The van der Waals surface area contributed by atoms with Gasteiger partial charge >= 0.3 is 0 Å². The van der Waals surface area contributed by atoms with Crippen molar-refractivity contribution in [2.24, 2.45) is 0 Å². The van der Waals surface area contributed by atoms with E-state index in [9.17, 15) is 17.6 Å². The van der Waals surface area contributed by atoms with E-state index in [0.717, 1.165) is 4.31 Å².